The van der Waals surface area contributed by atoms with Gasteiger partial charge in [0.15, 0.2) is 0 Å². The van der Waals surface area contributed by atoms with E-state index in [1.807, 2.05) is 18.2 Å². The van der Waals surface area contributed by atoms with E-state index in [1.165, 1.54) is 23.9 Å². The largest absolute Gasteiger partial charge is 0.416 e. The van der Waals surface area contributed by atoms with Gasteiger partial charge in [0.05, 0.1) is 5.56 Å². The number of hydrogen-bond donors (Lipinski definition) is 2. The molecule has 0 saturated heterocycles. The third-order valence-corrected chi connectivity index (χ3v) is 3.94. The number of carbonyl (C=O) groups is 1. The maximum atomic E-state index is 12.7. The van der Waals surface area contributed by atoms with Crippen LogP contribution in [0.25, 0.3) is 0 Å². The maximum Gasteiger partial charge on any atom is 0.416 e. The normalized spacial score (nSPS) is 11.6. The van der Waals surface area contributed by atoms with Crippen molar-refractivity contribution in [3.8, 4) is 6.07 Å². The van der Waals surface area contributed by atoms with Gasteiger partial charge in [0.2, 0.25) is 0 Å². The minimum Gasteiger partial charge on any atom is -0.390 e. The van der Waals surface area contributed by atoms with Crippen LogP contribution in [-0.2, 0) is 17.4 Å². The molecule has 0 aliphatic heterocycles. The van der Waals surface area contributed by atoms with Crippen LogP contribution in [0.15, 0.2) is 66.4 Å². The minimum atomic E-state index is -4.50. The molecule has 28 heavy (non-hydrogen) atoms. The summed E-state index contributed by atoms with van der Waals surface area (Å²) >= 11 is 0. The lowest BCUT2D eigenvalue weighted by atomic mass is 10.1. The molecule has 0 heterocycles. The van der Waals surface area contributed by atoms with Crippen molar-refractivity contribution in [2.45, 2.75) is 25.4 Å². The molecule has 0 saturated carbocycles. The van der Waals surface area contributed by atoms with Gasteiger partial charge in [0.1, 0.15) is 11.6 Å². The number of nitrogens with one attached hydrogen (secondary N) is 2. The molecule has 146 valence electrons. The minimum absolute atomic E-state index is 0.0242. The number of alkyl halides is 3. The van der Waals surface area contributed by atoms with Gasteiger partial charge in [-0.1, -0.05) is 36.4 Å². The van der Waals surface area contributed by atoms with E-state index < -0.39 is 17.6 Å². The molecule has 0 unspecified atom stereocenters. The van der Waals surface area contributed by atoms with Crippen molar-refractivity contribution in [3.05, 3.63) is 77.5 Å². The standard InChI is InChI=1S/C21H20F3N3O/c22-21(23,24)18-10-6-11-19(13-18)27-20(28)17(14-25)15-26-12-5-4-9-16-7-2-1-3-8-16/h1-3,6-8,10-11,13,15,26H,4-5,9,12H2,(H,27,28)/b17-15-. The van der Waals surface area contributed by atoms with E-state index >= 15 is 0 Å². The van der Waals surface area contributed by atoms with Crippen molar-refractivity contribution in [3.63, 3.8) is 0 Å². The maximum absolute atomic E-state index is 12.7. The smallest absolute Gasteiger partial charge is 0.390 e. The van der Waals surface area contributed by atoms with Gasteiger partial charge in [-0.25, -0.2) is 0 Å². The molecular weight excluding hydrogens is 367 g/mol. The van der Waals surface area contributed by atoms with E-state index in [0.717, 1.165) is 31.4 Å². The Morgan fingerprint density at radius 3 is 2.50 bits per heavy atom. The Labute approximate surface area is 161 Å². The summed E-state index contributed by atoms with van der Waals surface area (Å²) in [4.78, 5) is 12.1. The molecule has 1 amide bonds. The van der Waals surface area contributed by atoms with Crippen molar-refractivity contribution >= 4 is 11.6 Å². The van der Waals surface area contributed by atoms with Gasteiger partial charge < -0.3 is 10.6 Å². The third kappa shape index (κ3) is 6.80. The van der Waals surface area contributed by atoms with Crippen molar-refractivity contribution in [1.82, 2.24) is 5.32 Å². The molecule has 0 aliphatic carbocycles. The number of rotatable bonds is 8. The summed E-state index contributed by atoms with van der Waals surface area (Å²) in [6, 6.07) is 16.0. The molecule has 2 rings (SSSR count). The van der Waals surface area contributed by atoms with Crippen molar-refractivity contribution in [1.29, 1.82) is 5.26 Å². The van der Waals surface area contributed by atoms with Crippen molar-refractivity contribution in [2.24, 2.45) is 0 Å². The van der Waals surface area contributed by atoms with Crippen LogP contribution < -0.4 is 10.6 Å². The molecular formula is C21H20F3N3O. The first kappa shape index (κ1) is 21.0. The van der Waals surface area contributed by atoms with E-state index in [2.05, 4.69) is 22.8 Å². The topological polar surface area (TPSA) is 64.9 Å². The predicted molar refractivity (Wildman–Crippen MR) is 101 cm³/mol. The fourth-order valence-electron chi connectivity index (χ4n) is 2.50. The van der Waals surface area contributed by atoms with Crippen LogP contribution >= 0.6 is 0 Å². The molecule has 4 nitrogen and oxygen atoms in total. The first-order chi connectivity index (χ1) is 13.4. The molecule has 0 aliphatic rings. The Morgan fingerprint density at radius 1 is 1.07 bits per heavy atom. The van der Waals surface area contributed by atoms with Gasteiger partial charge in [-0.15, -0.1) is 0 Å². The number of nitrogens with zero attached hydrogens (tertiary/aromatic N) is 1. The average Bonchev–Trinajstić information content (AvgIpc) is 2.67. The lowest BCUT2D eigenvalue weighted by Gasteiger charge is -2.09. The second-order valence-electron chi connectivity index (χ2n) is 6.10. The molecule has 0 radical (unpaired) electrons. The molecule has 0 spiro atoms. The van der Waals surface area contributed by atoms with Crippen LogP contribution in [0.5, 0.6) is 0 Å². The number of hydrogen-bond acceptors (Lipinski definition) is 3. The van der Waals surface area contributed by atoms with Crippen LogP contribution in [-0.4, -0.2) is 12.5 Å². The van der Waals surface area contributed by atoms with Crippen molar-refractivity contribution in [2.75, 3.05) is 11.9 Å². The number of unbranched alkanes of at least 4 members (excludes halogenated alkanes) is 1. The number of halogens is 3. The number of amides is 1. The summed E-state index contributed by atoms with van der Waals surface area (Å²) in [6.07, 6.45) is -0.489. The zero-order chi connectivity index (χ0) is 20.4. The van der Waals surface area contributed by atoms with Gasteiger partial charge in [0, 0.05) is 18.4 Å². The number of nitriles is 1. The lowest BCUT2D eigenvalue weighted by molar-refractivity contribution is -0.137. The highest BCUT2D eigenvalue weighted by molar-refractivity contribution is 6.06. The first-order valence-electron chi connectivity index (χ1n) is 8.76. The highest BCUT2D eigenvalue weighted by Gasteiger charge is 2.30. The highest BCUT2D eigenvalue weighted by atomic mass is 19.4. The summed E-state index contributed by atoms with van der Waals surface area (Å²) in [6.45, 7) is 0.578. The lowest BCUT2D eigenvalue weighted by Crippen LogP contribution is -2.17. The monoisotopic (exact) mass is 387 g/mol. The van der Waals surface area contributed by atoms with Crippen molar-refractivity contribution < 1.29 is 18.0 Å². The Bertz CT molecular complexity index is 855. The number of anilines is 1. The van der Waals surface area contributed by atoms with Crippen LogP contribution in [0.2, 0.25) is 0 Å². The summed E-state index contributed by atoms with van der Waals surface area (Å²) in [5, 5.41) is 14.3. The quantitative estimate of drug-likeness (QED) is 0.393. The van der Waals surface area contributed by atoms with Crippen LogP contribution in [0, 0.1) is 11.3 Å². The van der Waals surface area contributed by atoms with E-state index in [4.69, 9.17) is 5.26 Å². The zero-order valence-electron chi connectivity index (χ0n) is 15.1. The van der Waals surface area contributed by atoms with Gasteiger partial charge in [-0.05, 0) is 43.0 Å². The highest BCUT2D eigenvalue weighted by Crippen LogP contribution is 2.30. The molecule has 0 aromatic heterocycles. The Kier molecular flexibility index (Phi) is 7.64. The summed E-state index contributed by atoms with van der Waals surface area (Å²) in [5.41, 5.74) is 0.143. The van der Waals surface area contributed by atoms with Gasteiger partial charge in [0.25, 0.3) is 5.91 Å². The summed E-state index contributed by atoms with van der Waals surface area (Å²) < 4.78 is 38.2. The van der Waals surface area contributed by atoms with E-state index in [-0.39, 0.29) is 11.3 Å². The van der Waals surface area contributed by atoms with Gasteiger partial charge >= 0.3 is 6.18 Å². The van der Waals surface area contributed by atoms with E-state index in [0.29, 0.717) is 6.54 Å². The molecule has 2 aromatic rings. The average molecular weight is 387 g/mol. The number of aryl methyl sites for hydroxylation is 1. The Morgan fingerprint density at radius 2 is 1.82 bits per heavy atom. The van der Waals surface area contributed by atoms with Crippen LogP contribution in [0.3, 0.4) is 0 Å². The fraction of sp³-hybridized carbons (Fsp3) is 0.238. The van der Waals surface area contributed by atoms with Crippen LogP contribution in [0.1, 0.15) is 24.0 Å². The summed E-state index contributed by atoms with van der Waals surface area (Å²) in [5.74, 6) is -0.765. The Hall–Kier alpha value is -3.27. The SMILES string of the molecule is N#C/C(=C/NCCCCc1ccccc1)C(=O)Nc1cccc(C(F)(F)F)c1. The second kappa shape index (κ2) is 10.2. The van der Waals surface area contributed by atoms with E-state index in [9.17, 15) is 18.0 Å². The molecule has 2 aromatic carbocycles. The molecule has 0 atom stereocenters. The molecule has 7 heteroatoms. The number of benzene rings is 2. The van der Waals surface area contributed by atoms with Gasteiger partial charge in [-0.2, -0.15) is 18.4 Å². The van der Waals surface area contributed by atoms with Gasteiger partial charge in [-0.3, -0.25) is 4.79 Å². The Balaban J connectivity index is 1.81. The second-order valence-corrected chi connectivity index (χ2v) is 6.10. The number of carbonyl (C=O) groups excluding carboxylic acids is 1. The predicted octanol–water partition coefficient (Wildman–Crippen LogP) is 4.66. The molecule has 0 bridgehead atoms. The molecule has 0 fully saturated rings. The first-order valence-corrected chi connectivity index (χ1v) is 8.76. The third-order valence-electron chi connectivity index (χ3n) is 3.94. The zero-order valence-corrected chi connectivity index (χ0v) is 15.1. The fourth-order valence-corrected chi connectivity index (χ4v) is 2.50. The summed E-state index contributed by atoms with van der Waals surface area (Å²) in [7, 11) is 0. The van der Waals surface area contributed by atoms with Crippen LogP contribution in [0.4, 0.5) is 18.9 Å². The van der Waals surface area contributed by atoms with E-state index in [1.54, 1.807) is 6.07 Å². The molecule has 2 N–H and O–H groups in total.